The highest BCUT2D eigenvalue weighted by Gasteiger charge is 2.47. The number of fused-ring (bicyclic) bond motifs is 6. The number of nitrogens with one attached hydrogen (secondary N) is 1. The molecule has 6 rings (SSSR count). The second-order valence-electron chi connectivity index (χ2n) is 13.4. The molecule has 0 atom stereocenters. The van der Waals surface area contributed by atoms with Crippen LogP contribution in [-0.2, 0) is 15.6 Å². The molecule has 242 valence electrons. The molecule has 0 fully saturated rings. The molecule has 0 saturated carbocycles. The molecule has 0 radical (unpaired) electrons. The van der Waals surface area contributed by atoms with Gasteiger partial charge in [0.2, 0.25) is 5.69 Å². The monoisotopic (exact) mass is 638 g/mol. The van der Waals surface area contributed by atoms with Crippen LogP contribution in [0.1, 0.15) is 56.4 Å². The Bertz CT molecular complexity index is 2190. The molecular weight excluding hydrogens is 598 g/mol. The molecule has 2 aliphatic rings. The third-order valence-corrected chi connectivity index (χ3v) is 9.83. The van der Waals surface area contributed by atoms with Crippen molar-refractivity contribution >= 4 is 56.4 Å². The number of anilines is 1. The highest BCUT2D eigenvalue weighted by molar-refractivity contribution is 6.10. The average molecular weight is 639 g/mol. The maximum Gasteiger partial charge on any atom is 0.309 e. The lowest BCUT2D eigenvalue weighted by molar-refractivity contribution is -0.435. The van der Waals surface area contributed by atoms with E-state index in [1.165, 1.54) is 17.2 Å². The van der Waals surface area contributed by atoms with E-state index < -0.39 is 11.4 Å². The SMILES string of the molecule is C=C/C=C\c1c2c(c3ccccc3c1C)[N+](CCC(=O)O)=C(/C=C/C=C/C=C1\Nc3c(ccc4ccc([N+](=O)[O-])cc34)C1(C)C)C2(C)C. The van der Waals surface area contributed by atoms with Crippen LogP contribution in [0, 0.1) is 17.0 Å². The highest BCUT2D eigenvalue weighted by Crippen LogP contribution is 2.49. The number of carbonyl (C=O) groups is 1. The molecule has 2 heterocycles. The van der Waals surface area contributed by atoms with Crippen molar-refractivity contribution in [1.29, 1.82) is 0 Å². The van der Waals surface area contributed by atoms with Crippen LogP contribution in [0.25, 0.3) is 27.6 Å². The topological polar surface area (TPSA) is 95.5 Å². The lowest BCUT2D eigenvalue weighted by Crippen LogP contribution is -2.29. The number of carboxylic acids is 1. The van der Waals surface area contributed by atoms with Gasteiger partial charge >= 0.3 is 5.97 Å². The first-order valence-corrected chi connectivity index (χ1v) is 16.1. The molecule has 0 aromatic heterocycles. The Morgan fingerprint density at radius 1 is 0.958 bits per heavy atom. The molecule has 4 aromatic rings. The summed E-state index contributed by atoms with van der Waals surface area (Å²) in [6, 6.07) is 17.4. The van der Waals surface area contributed by atoms with Gasteiger partial charge in [-0.25, -0.2) is 0 Å². The normalized spacial score (nSPS) is 17.2. The molecule has 2 aliphatic heterocycles. The molecular formula is C41H40N3O4+. The van der Waals surface area contributed by atoms with Gasteiger partial charge in [-0.05, 0) is 66.4 Å². The van der Waals surface area contributed by atoms with Gasteiger partial charge in [0.05, 0.1) is 21.4 Å². The summed E-state index contributed by atoms with van der Waals surface area (Å²) >= 11 is 0. The summed E-state index contributed by atoms with van der Waals surface area (Å²) in [5, 5.41) is 28.7. The predicted octanol–water partition coefficient (Wildman–Crippen LogP) is 9.66. The number of allylic oxidation sites excluding steroid dienone is 8. The van der Waals surface area contributed by atoms with Crippen molar-refractivity contribution in [3.8, 4) is 0 Å². The van der Waals surface area contributed by atoms with Gasteiger partial charge in [-0.3, -0.25) is 14.9 Å². The molecule has 0 aliphatic carbocycles. The van der Waals surface area contributed by atoms with Gasteiger partial charge in [-0.15, -0.1) is 0 Å². The number of hydrogen-bond donors (Lipinski definition) is 2. The van der Waals surface area contributed by atoms with Crippen molar-refractivity contribution in [1.82, 2.24) is 0 Å². The van der Waals surface area contributed by atoms with E-state index in [1.54, 1.807) is 18.2 Å². The third-order valence-electron chi connectivity index (χ3n) is 9.83. The van der Waals surface area contributed by atoms with Crippen LogP contribution in [0.4, 0.5) is 17.1 Å². The average Bonchev–Trinajstić information content (AvgIpc) is 3.44. The highest BCUT2D eigenvalue weighted by atomic mass is 16.6. The number of nitro benzene ring substituents is 1. The zero-order valence-electron chi connectivity index (χ0n) is 28.0. The second-order valence-corrected chi connectivity index (χ2v) is 13.4. The van der Waals surface area contributed by atoms with E-state index >= 15 is 0 Å². The van der Waals surface area contributed by atoms with Crippen molar-refractivity contribution in [3.05, 3.63) is 142 Å². The Morgan fingerprint density at radius 3 is 2.40 bits per heavy atom. The number of nitro groups is 1. The van der Waals surface area contributed by atoms with Crippen LogP contribution in [0.15, 0.2) is 109 Å². The van der Waals surface area contributed by atoms with Crippen molar-refractivity contribution in [2.45, 2.75) is 51.9 Å². The maximum absolute atomic E-state index is 11.8. The van der Waals surface area contributed by atoms with E-state index in [4.69, 9.17) is 0 Å². The summed E-state index contributed by atoms with van der Waals surface area (Å²) in [5.74, 6) is -0.839. The molecule has 0 amide bonds. The molecule has 2 N–H and O–H groups in total. The van der Waals surface area contributed by atoms with Gasteiger partial charge in [-0.2, -0.15) is 4.58 Å². The maximum atomic E-state index is 11.8. The third kappa shape index (κ3) is 5.35. The number of carboxylic acid groups (broad SMARTS) is 1. The standard InChI is InChI=1S/C41H39N3O4/c1-7-8-14-30-26(2)29-15-12-13-16-31(29)39-37(30)41(5,6)35(43(39)24-23-36(45)46)18-11-9-10-17-34-40(3,4)33-22-20-27-19-21-28(44(47)48)25-32(27)38(33)42-34/h7-22,25H,1,23-24H2,2-6H3,(H,45,46)/p+1/b14-8-. The first-order valence-electron chi connectivity index (χ1n) is 16.1. The Kier molecular flexibility index (Phi) is 8.25. The van der Waals surface area contributed by atoms with Crippen LogP contribution < -0.4 is 5.32 Å². The van der Waals surface area contributed by atoms with Gasteiger partial charge in [0, 0.05) is 40.3 Å². The van der Waals surface area contributed by atoms with E-state index in [0.29, 0.717) is 6.54 Å². The first-order chi connectivity index (χ1) is 22.9. The fraction of sp³-hybridized carbons (Fsp3) is 0.220. The summed E-state index contributed by atoms with van der Waals surface area (Å²) in [5.41, 5.74) is 7.88. The Morgan fingerprint density at radius 2 is 1.69 bits per heavy atom. The smallest absolute Gasteiger partial charge is 0.309 e. The van der Waals surface area contributed by atoms with E-state index in [2.05, 4.69) is 81.4 Å². The number of hydrogen-bond acceptors (Lipinski definition) is 4. The zero-order chi connectivity index (χ0) is 34.4. The number of non-ortho nitro benzene ring substituents is 1. The predicted molar refractivity (Wildman–Crippen MR) is 197 cm³/mol. The number of aliphatic carboxylic acids is 1. The van der Waals surface area contributed by atoms with Crippen molar-refractivity contribution in [2.75, 3.05) is 11.9 Å². The summed E-state index contributed by atoms with van der Waals surface area (Å²) in [4.78, 5) is 22.9. The van der Waals surface area contributed by atoms with Crippen molar-refractivity contribution < 1.29 is 19.4 Å². The van der Waals surface area contributed by atoms with Crippen LogP contribution in [0.5, 0.6) is 0 Å². The Balaban J connectivity index is 1.39. The largest absolute Gasteiger partial charge is 0.481 e. The molecule has 0 saturated heterocycles. The number of rotatable bonds is 9. The number of nitrogens with zero attached hydrogens (tertiary/aromatic N) is 2. The van der Waals surface area contributed by atoms with Gasteiger partial charge in [0.25, 0.3) is 5.69 Å². The minimum atomic E-state index is -0.839. The van der Waals surface area contributed by atoms with Gasteiger partial charge < -0.3 is 10.4 Å². The fourth-order valence-electron chi connectivity index (χ4n) is 7.35. The quantitative estimate of drug-likeness (QED) is 0.0824. The lowest BCUT2D eigenvalue weighted by atomic mass is 9.76. The van der Waals surface area contributed by atoms with Crippen LogP contribution in [0.2, 0.25) is 0 Å². The Hall–Kier alpha value is -5.56. The summed E-state index contributed by atoms with van der Waals surface area (Å²) in [7, 11) is 0. The van der Waals surface area contributed by atoms with E-state index in [9.17, 15) is 20.0 Å². The molecule has 0 bridgehead atoms. The second kappa shape index (κ2) is 12.2. The Labute approximate surface area is 280 Å². The fourth-order valence-corrected chi connectivity index (χ4v) is 7.35. The van der Waals surface area contributed by atoms with Crippen LogP contribution in [-0.4, -0.2) is 32.8 Å². The van der Waals surface area contributed by atoms with Crippen molar-refractivity contribution in [2.24, 2.45) is 0 Å². The van der Waals surface area contributed by atoms with Gasteiger partial charge in [0.15, 0.2) is 12.3 Å². The van der Waals surface area contributed by atoms with E-state index in [0.717, 1.165) is 55.5 Å². The lowest BCUT2D eigenvalue weighted by Gasteiger charge is -2.20. The molecule has 48 heavy (non-hydrogen) atoms. The summed E-state index contributed by atoms with van der Waals surface area (Å²) in [6.45, 7) is 15.1. The summed E-state index contributed by atoms with van der Waals surface area (Å²) < 4.78 is 2.18. The van der Waals surface area contributed by atoms with Gasteiger partial charge in [-0.1, -0.05) is 87.2 Å². The van der Waals surface area contributed by atoms with Crippen LogP contribution in [0.3, 0.4) is 0 Å². The first kappa shape index (κ1) is 32.4. The van der Waals surface area contributed by atoms with E-state index in [-0.39, 0.29) is 22.4 Å². The molecule has 7 heteroatoms. The number of aryl methyl sites for hydroxylation is 1. The minimum Gasteiger partial charge on any atom is -0.481 e. The molecule has 4 aromatic carbocycles. The molecule has 0 spiro atoms. The minimum absolute atomic E-state index is 0.00792. The number of benzene rings is 4. The van der Waals surface area contributed by atoms with Crippen molar-refractivity contribution in [3.63, 3.8) is 0 Å². The molecule has 7 nitrogen and oxygen atoms in total. The molecule has 0 unspecified atom stereocenters. The summed E-state index contributed by atoms with van der Waals surface area (Å²) in [6.07, 6.45) is 16.0. The van der Waals surface area contributed by atoms with Crippen LogP contribution >= 0.6 is 0 Å². The zero-order valence-corrected chi connectivity index (χ0v) is 28.0. The van der Waals surface area contributed by atoms with Gasteiger partial charge in [0.1, 0.15) is 6.42 Å². The van der Waals surface area contributed by atoms with E-state index in [1.807, 2.05) is 48.6 Å².